The number of aromatic nitrogens is 1. The van der Waals surface area contributed by atoms with Gasteiger partial charge in [-0.05, 0) is 12.1 Å². The van der Waals surface area contributed by atoms with E-state index in [9.17, 15) is 4.79 Å². The zero-order valence-electron chi connectivity index (χ0n) is 9.27. The fourth-order valence-electron chi connectivity index (χ4n) is 1.65. The number of nitrogens with zero attached hydrogens (tertiary/aromatic N) is 2. The second-order valence-electron chi connectivity index (χ2n) is 3.14. The van der Waals surface area contributed by atoms with Gasteiger partial charge >= 0.3 is 5.97 Å². The molecule has 1 aromatic heterocycles. The van der Waals surface area contributed by atoms with Gasteiger partial charge in [0, 0.05) is 19.7 Å². The van der Waals surface area contributed by atoms with Crippen molar-refractivity contribution in [1.29, 1.82) is 0 Å². The Morgan fingerprint density at radius 3 is 2.80 bits per heavy atom. The highest BCUT2D eigenvalue weighted by atomic mass is 16.4. The standard InChI is InChI=1S/C9H10N2O2.C2H6/c1-11-7-3-2-4-10-6(7)5-8(11)9(12)13;1-2/h2-4,8H,5H2,1H3,(H,12,13);1-2H3. The highest BCUT2D eigenvalue weighted by molar-refractivity contribution is 5.81. The van der Waals surface area contributed by atoms with Gasteiger partial charge in [0.15, 0.2) is 0 Å². The van der Waals surface area contributed by atoms with Crippen LogP contribution in [0.25, 0.3) is 0 Å². The molecule has 1 N–H and O–H groups in total. The zero-order chi connectivity index (χ0) is 11.4. The minimum Gasteiger partial charge on any atom is -0.480 e. The fraction of sp³-hybridized carbons (Fsp3) is 0.455. The van der Waals surface area contributed by atoms with Gasteiger partial charge in [-0.3, -0.25) is 4.98 Å². The number of rotatable bonds is 1. The van der Waals surface area contributed by atoms with Crippen molar-refractivity contribution in [3.8, 4) is 0 Å². The molecule has 82 valence electrons. The number of anilines is 1. The first-order chi connectivity index (χ1) is 7.20. The predicted octanol–water partition coefficient (Wildman–Crippen LogP) is 1.55. The van der Waals surface area contributed by atoms with Crippen LogP contribution in [0.1, 0.15) is 19.5 Å². The minimum atomic E-state index is -0.791. The maximum atomic E-state index is 10.8. The molecule has 4 nitrogen and oxygen atoms in total. The van der Waals surface area contributed by atoms with Crippen molar-refractivity contribution in [2.45, 2.75) is 26.3 Å². The van der Waals surface area contributed by atoms with Crippen molar-refractivity contribution in [3.63, 3.8) is 0 Å². The Bertz CT molecular complexity index is 352. The Morgan fingerprint density at radius 2 is 2.27 bits per heavy atom. The molecule has 15 heavy (non-hydrogen) atoms. The van der Waals surface area contributed by atoms with Gasteiger partial charge in [-0.1, -0.05) is 13.8 Å². The molecule has 0 saturated carbocycles. The number of carboxylic acid groups (broad SMARTS) is 1. The Balaban J connectivity index is 0.000000531. The second kappa shape index (κ2) is 4.77. The van der Waals surface area contributed by atoms with E-state index < -0.39 is 12.0 Å². The number of likely N-dealkylation sites (N-methyl/N-ethyl adjacent to an activating group) is 1. The zero-order valence-corrected chi connectivity index (χ0v) is 9.27. The van der Waals surface area contributed by atoms with E-state index in [-0.39, 0.29) is 0 Å². The van der Waals surface area contributed by atoms with Crippen LogP contribution in [0.15, 0.2) is 18.3 Å². The highest BCUT2D eigenvalue weighted by Crippen LogP contribution is 2.28. The summed E-state index contributed by atoms with van der Waals surface area (Å²) in [5, 5.41) is 8.89. The molecule has 1 atom stereocenters. The number of hydrogen-bond acceptors (Lipinski definition) is 3. The molecule has 0 saturated heterocycles. The summed E-state index contributed by atoms with van der Waals surface area (Å²) in [6.07, 6.45) is 2.19. The average molecular weight is 208 g/mol. The number of carbonyl (C=O) groups is 1. The lowest BCUT2D eigenvalue weighted by Crippen LogP contribution is -2.35. The van der Waals surface area contributed by atoms with Crippen molar-refractivity contribution in [2.75, 3.05) is 11.9 Å². The SMILES string of the molecule is CC.CN1c2cccnc2CC1C(=O)O. The lowest BCUT2D eigenvalue weighted by Gasteiger charge is -2.17. The van der Waals surface area contributed by atoms with Crippen LogP contribution in [0, 0.1) is 0 Å². The van der Waals surface area contributed by atoms with Gasteiger partial charge in [0.05, 0.1) is 11.4 Å². The van der Waals surface area contributed by atoms with Crippen molar-refractivity contribution in [1.82, 2.24) is 4.98 Å². The average Bonchev–Trinajstić information content (AvgIpc) is 2.60. The first kappa shape index (κ1) is 11.5. The molecule has 0 fully saturated rings. The van der Waals surface area contributed by atoms with Gasteiger partial charge < -0.3 is 10.0 Å². The molecule has 1 unspecified atom stereocenters. The van der Waals surface area contributed by atoms with E-state index in [1.807, 2.05) is 26.0 Å². The van der Waals surface area contributed by atoms with Crippen molar-refractivity contribution in [2.24, 2.45) is 0 Å². The number of aliphatic carboxylic acids is 1. The van der Waals surface area contributed by atoms with E-state index >= 15 is 0 Å². The van der Waals surface area contributed by atoms with Crippen molar-refractivity contribution < 1.29 is 9.90 Å². The van der Waals surface area contributed by atoms with E-state index in [1.54, 1.807) is 18.1 Å². The van der Waals surface area contributed by atoms with Crippen molar-refractivity contribution in [3.05, 3.63) is 24.0 Å². The summed E-state index contributed by atoms with van der Waals surface area (Å²) in [5.74, 6) is -0.791. The maximum Gasteiger partial charge on any atom is 0.326 e. The molecule has 2 rings (SSSR count). The summed E-state index contributed by atoms with van der Waals surface area (Å²) in [4.78, 5) is 16.7. The predicted molar refractivity (Wildman–Crippen MR) is 59.1 cm³/mol. The molecule has 0 aliphatic carbocycles. The fourth-order valence-corrected chi connectivity index (χ4v) is 1.65. The number of pyridine rings is 1. The Labute approximate surface area is 89.6 Å². The summed E-state index contributed by atoms with van der Waals surface area (Å²) in [7, 11) is 1.78. The van der Waals surface area contributed by atoms with Crippen LogP contribution in [-0.4, -0.2) is 29.1 Å². The van der Waals surface area contributed by atoms with Crippen LogP contribution in [0.2, 0.25) is 0 Å². The van der Waals surface area contributed by atoms with Crippen LogP contribution < -0.4 is 4.90 Å². The monoisotopic (exact) mass is 208 g/mol. The third-order valence-corrected chi connectivity index (χ3v) is 2.39. The molecule has 0 spiro atoms. The molecule has 1 aliphatic rings. The summed E-state index contributed by atoms with van der Waals surface area (Å²) in [5.41, 5.74) is 1.80. The molecule has 0 bridgehead atoms. The van der Waals surface area contributed by atoms with Crippen LogP contribution >= 0.6 is 0 Å². The smallest absolute Gasteiger partial charge is 0.326 e. The van der Waals surface area contributed by atoms with Crippen LogP contribution in [0.4, 0.5) is 5.69 Å². The lowest BCUT2D eigenvalue weighted by molar-refractivity contribution is -0.138. The van der Waals surface area contributed by atoms with Crippen LogP contribution in [-0.2, 0) is 11.2 Å². The van der Waals surface area contributed by atoms with E-state index in [4.69, 9.17) is 5.11 Å². The van der Waals surface area contributed by atoms with Gasteiger partial charge in [-0.15, -0.1) is 0 Å². The van der Waals surface area contributed by atoms with E-state index in [1.165, 1.54) is 0 Å². The van der Waals surface area contributed by atoms with Gasteiger partial charge in [0.2, 0.25) is 0 Å². The first-order valence-corrected chi connectivity index (χ1v) is 5.09. The van der Waals surface area contributed by atoms with Gasteiger partial charge in [-0.25, -0.2) is 4.79 Å². The first-order valence-electron chi connectivity index (χ1n) is 5.09. The van der Waals surface area contributed by atoms with Crippen molar-refractivity contribution >= 4 is 11.7 Å². The Kier molecular flexibility index (Phi) is 3.66. The van der Waals surface area contributed by atoms with Gasteiger partial charge in [-0.2, -0.15) is 0 Å². The molecule has 1 aromatic rings. The third-order valence-electron chi connectivity index (χ3n) is 2.39. The highest BCUT2D eigenvalue weighted by Gasteiger charge is 2.32. The molecular weight excluding hydrogens is 192 g/mol. The minimum absolute atomic E-state index is 0.454. The lowest BCUT2D eigenvalue weighted by atomic mass is 10.2. The van der Waals surface area contributed by atoms with Gasteiger partial charge in [0.1, 0.15) is 6.04 Å². The summed E-state index contributed by atoms with van der Waals surface area (Å²) >= 11 is 0. The van der Waals surface area contributed by atoms with Crippen LogP contribution in [0.5, 0.6) is 0 Å². The Hall–Kier alpha value is -1.58. The number of fused-ring (bicyclic) bond motifs is 1. The molecule has 0 radical (unpaired) electrons. The van der Waals surface area contributed by atoms with E-state index in [0.29, 0.717) is 6.42 Å². The summed E-state index contributed by atoms with van der Waals surface area (Å²) in [6, 6.07) is 3.26. The Morgan fingerprint density at radius 1 is 1.60 bits per heavy atom. The second-order valence-corrected chi connectivity index (χ2v) is 3.14. The summed E-state index contributed by atoms with van der Waals surface area (Å²) in [6.45, 7) is 4.00. The quantitative estimate of drug-likeness (QED) is 0.760. The molecule has 2 heterocycles. The number of hydrogen-bond donors (Lipinski definition) is 1. The van der Waals surface area contributed by atoms with Crippen LogP contribution in [0.3, 0.4) is 0 Å². The maximum absolute atomic E-state index is 10.8. The van der Waals surface area contributed by atoms with E-state index in [0.717, 1.165) is 11.4 Å². The largest absolute Gasteiger partial charge is 0.480 e. The number of carboxylic acids is 1. The molecule has 1 aliphatic heterocycles. The molecule has 4 heteroatoms. The molecule has 0 amide bonds. The summed E-state index contributed by atoms with van der Waals surface area (Å²) < 4.78 is 0. The topological polar surface area (TPSA) is 53.4 Å². The van der Waals surface area contributed by atoms with E-state index in [2.05, 4.69) is 4.98 Å². The normalized spacial score (nSPS) is 17.8. The van der Waals surface area contributed by atoms with Gasteiger partial charge in [0.25, 0.3) is 0 Å². The molecule has 0 aromatic carbocycles. The molecular formula is C11H16N2O2. The third kappa shape index (κ3) is 2.09.